The number of carboxylic acids is 1. The lowest BCUT2D eigenvalue weighted by Crippen LogP contribution is -2.36. The Morgan fingerprint density at radius 1 is 1.12 bits per heavy atom. The van der Waals surface area contributed by atoms with Gasteiger partial charge in [0.05, 0.1) is 17.4 Å². The van der Waals surface area contributed by atoms with Crippen LogP contribution in [0.3, 0.4) is 0 Å². The fourth-order valence-corrected chi connectivity index (χ4v) is 5.92. The molecule has 0 spiro atoms. The van der Waals surface area contributed by atoms with Crippen LogP contribution in [0.1, 0.15) is 40.1 Å². The third-order valence-electron chi connectivity index (χ3n) is 5.70. The SMILES string of the molecule is NC(=O)c1c(NC(=O)[C@@H]2[C@H](C(=O)O)[C@H]3C=C[C@H]2C3)sc2c1CCCC2. The van der Waals surface area contributed by atoms with Crippen LogP contribution in [0, 0.1) is 23.7 Å². The highest BCUT2D eigenvalue weighted by Crippen LogP contribution is 2.49. The molecule has 4 N–H and O–H groups in total. The lowest BCUT2D eigenvalue weighted by Gasteiger charge is -2.23. The van der Waals surface area contributed by atoms with Gasteiger partial charge >= 0.3 is 5.97 Å². The number of anilines is 1. The minimum absolute atomic E-state index is 0.0438. The van der Waals surface area contributed by atoms with Crippen molar-refractivity contribution >= 4 is 34.1 Å². The van der Waals surface area contributed by atoms with Crippen LogP contribution < -0.4 is 11.1 Å². The third kappa shape index (κ3) is 2.57. The minimum atomic E-state index is -0.933. The molecule has 0 radical (unpaired) electrons. The van der Waals surface area contributed by atoms with Crippen LogP contribution in [0.25, 0.3) is 0 Å². The first-order valence-electron chi connectivity index (χ1n) is 8.63. The Balaban J connectivity index is 1.63. The van der Waals surface area contributed by atoms with Gasteiger partial charge in [-0.2, -0.15) is 0 Å². The predicted molar refractivity (Wildman–Crippen MR) is 93.5 cm³/mol. The number of hydrogen-bond donors (Lipinski definition) is 3. The molecule has 3 aliphatic carbocycles. The van der Waals surface area contributed by atoms with Gasteiger partial charge in [-0.05, 0) is 49.5 Å². The second kappa shape index (κ2) is 5.98. The van der Waals surface area contributed by atoms with E-state index in [0.29, 0.717) is 17.0 Å². The van der Waals surface area contributed by atoms with E-state index in [1.165, 1.54) is 11.3 Å². The molecule has 7 heteroatoms. The Labute approximate surface area is 149 Å². The average molecular weight is 360 g/mol. The molecular formula is C18H20N2O4S. The van der Waals surface area contributed by atoms with Gasteiger partial charge in [-0.3, -0.25) is 14.4 Å². The number of primary amides is 1. The molecule has 3 aliphatic rings. The molecule has 25 heavy (non-hydrogen) atoms. The summed E-state index contributed by atoms with van der Waals surface area (Å²) in [5, 5.41) is 12.8. The molecule has 1 heterocycles. The summed E-state index contributed by atoms with van der Waals surface area (Å²) in [4.78, 5) is 37.5. The third-order valence-corrected chi connectivity index (χ3v) is 6.91. The number of carbonyl (C=O) groups excluding carboxylic acids is 2. The maximum atomic E-state index is 12.9. The van der Waals surface area contributed by atoms with Gasteiger partial charge < -0.3 is 16.2 Å². The van der Waals surface area contributed by atoms with Crippen molar-refractivity contribution in [3.63, 3.8) is 0 Å². The highest BCUT2D eigenvalue weighted by molar-refractivity contribution is 7.17. The van der Waals surface area contributed by atoms with Gasteiger partial charge in [0.2, 0.25) is 5.91 Å². The quantitative estimate of drug-likeness (QED) is 0.715. The predicted octanol–water partition coefficient (Wildman–Crippen LogP) is 2.19. The van der Waals surface area contributed by atoms with Gasteiger partial charge in [0.25, 0.3) is 5.91 Å². The molecule has 132 valence electrons. The minimum Gasteiger partial charge on any atom is -0.481 e. The van der Waals surface area contributed by atoms with Crippen molar-refractivity contribution in [3.8, 4) is 0 Å². The summed E-state index contributed by atoms with van der Waals surface area (Å²) in [5.41, 5.74) is 6.93. The van der Waals surface area contributed by atoms with Crippen LogP contribution in [-0.4, -0.2) is 22.9 Å². The van der Waals surface area contributed by atoms with Crippen LogP contribution in [0.4, 0.5) is 5.00 Å². The Hall–Kier alpha value is -2.15. The lowest BCUT2D eigenvalue weighted by atomic mass is 9.82. The first-order chi connectivity index (χ1) is 12.0. The molecule has 4 atom stereocenters. The van der Waals surface area contributed by atoms with Crippen LogP contribution in [0.15, 0.2) is 12.2 Å². The van der Waals surface area contributed by atoms with Crippen LogP contribution in [0.5, 0.6) is 0 Å². The summed E-state index contributed by atoms with van der Waals surface area (Å²) in [7, 11) is 0. The van der Waals surface area contributed by atoms with Gasteiger partial charge in [-0.15, -0.1) is 11.3 Å². The second-order valence-corrected chi connectivity index (χ2v) is 8.21. The molecule has 2 bridgehead atoms. The van der Waals surface area contributed by atoms with Crippen molar-refractivity contribution in [1.29, 1.82) is 0 Å². The van der Waals surface area contributed by atoms with E-state index in [1.807, 2.05) is 12.2 Å². The Kier molecular flexibility index (Phi) is 3.91. The lowest BCUT2D eigenvalue weighted by molar-refractivity contribution is -0.146. The van der Waals surface area contributed by atoms with E-state index in [1.54, 1.807) is 0 Å². The van der Waals surface area contributed by atoms with Crippen LogP contribution >= 0.6 is 11.3 Å². The largest absolute Gasteiger partial charge is 0.481 e. The number of fused-ring (bicyclic) bond motifs is 3. The van der Waals surface area contributed by atoms with E-state index in [4.69, 9.17) is 5.73 Å². The van der Waals surface area contributed by atoms with Crippen molar-refractivity contribution in [2.24, 2.45) is 29.4 Å². The van der Waals surface area contributed by atoms with Crippen LogP contribution in [0.2, 0.25) is 0 Å². The Morgan fingerprint density at radius 3 is 2.48 bits per heavy atom. The topological polar surface area (TPSA) is 109 Å². The van der Waals surface area contributed by atoms with Crippen molar-refractivity contribution < 1.29 is 19.5 Å². The monoisotopic (exact) mass is 360 g/mol. The Morgan fingerprint density at radius 2 is 1.80 bits per heavy atom. The number of aliphatic carboxylic acids is 1. The Bertz CT molecular complexity index is 797. The number of thiophene rings is 1. The van der Waals surface area contributed by atoms with Crippen LogP contribution in [-0.2, 0) is 22.4 Å². The number of nitrogens with two attached hydrogens (primary N) is 1. The molecule has 0 aliphatic heterocycles. The van der Waals surface area contributed by atoms with E-state index >= 15 is 0 Å². The number of carboxylic acid groups (broad SMARTS) is 1. The zero-order valence-corrected chi connectivity index (χ0v) is 14.5. The van der Waals surface area contributed by atoms with Crippen molar-refractivity contribution in [1.82, 2.24) is 0 Å². The number of carbonyl (C=O) groups is 3. The van der Waals surface area contributed by atoms with Gasteiger partial charge in [-0.25, -0.2) is 0 Å². The van der Waals surface area contributed by atoms with Crippen molar-refractivity contribution in [2.75, 3.05) is 5.32 Å². The number of aryl methyl sites for hydroxylation is 1. The molecule has 4 rings (SSSR count). The molecule has 1 saturated carbocycles. The van der Waals surface area contributed by atoms with Gasteiger partial charge in [0.15, 0.2) is 0 Å². The zero-order chi connectivity index (χ0) is 17.7. The standard InChI is InChI=1S/C18H20N2O4S/c19-15(21)14-10-3-1-2-4-11(10)25-17(14)20-16(22)12-8-5-6-9(7-8)13(12)18(23)24/h5-6,8-9,12-13H,1-4,7H2,(H2,19,21)(H,20,22)(H,23,24)/t8-,9-,12-,13+/m0/s1. The molecule has 1 aromatic heterocycles. The molecule has 0 saturated heterocycles. The molecule has 6 nitrogen and oxygen atoms in total. The maximum Gasteiger partial charge on any atom is 0.307 e. The number of hydrogen-bond acceptors (Lipinski definition) is 4. The van der Waals surface area contributed by atoms with E-state index in [9.17, 15) is 19.5 Å². The summed E-state index contributed by atoms with van der Waals surface area (Å²) >= 11 is 1.41. The highest BCUT2D eigenvalue weighted by Gasteiger charge is 2.51. The van der Waals surface area contributed by atoms with Gasteiger partial charge in [-0.1, -0.05) is 12.2 Å². The van der Waals surface area contributed by atoms with Gasteiger partial charge in [0.1, 0.15) is 5.00 Å². The number of amides is 2. The summed E-state index contributed by atoms with van der Waals surface area (Å²) in [6.45, 7) is 0. The molecule has 1 aromatic rings. The molecular weight excluding hydrogens is 340 g/mol. The second-order valence-electron chi connectivity index (χ2n) is 7.11. The van der Waals surface area contributed by atoms with E-state index in [0.717, 1.165) is 36.1 Å². The summed E-state index contributed by atoms with van der Waals surface area (Å²) < 4.78 is 0. The molecule has 2 amide bonds. The average Bonchev–Trinajstić information content (AvgIpc) is 3.25. The van der Waals surface area contributed by atoms with E-state index < -0.39 is 23.7 Å². The zero-order valence-electron chi connectivity index (χ0n) is 13.7. The van der Waals surface area contributed by atoms with E-state index in [2.05, 4.69) is 5.32 Å². The fraction of sp³-hybridized carbons (Fsp3) is 0.500. The smallest absolute Gasteiger partial charge is 0.307 e. The fourth-order valence-electron chi connectivity index (χ4n) is 4.63. The number of rotatable bonds is 4. The normalized spacial score (nSPS) is 29.4. The first kappa shape index (κ1) is 16.3. The number of allylic oxidation sites excluding steroid dienone is 2. The molecule has 0 aromatic carbocycles. The van der Waals surface area contributed by atoms with Crippen molar-refractivity contribution in [3.05, 3.63) is 28.2 Å². The first-order valence-corrected chi connectivity index (χ1v) is 9.45. The maximum absolute atomic E-state index is 12.9. The molecule has 1 fully saturated rings. The van der Waals surface area contributed by atoms with E-state index in [-0.39, 0.29) is 17.7 Å². The summed E-state index contributed by atoms with van der Waals surface area (Å²) in [6, 6.07) is 0. The summed E-state index contributed by atoms with van der Waals surface area (Å²) in [5.74, 6) is -3.18. The molecule has 0 unspecified atom stereocenters. The number of nitrogens with one attached hydrogen (secondary N) is 1. The van der Waals surface area contributed by atoms with Crippen molar-refractivity contribution in [2.45, 2.75) is 32.1 Å². The summed E-state index contributed by atoms with van der Waals surface area (Å²) in [6.07, 6.45) is 8.33. The van der Waals surface area contributed by atoms with Gasteiger partial charge in [0, 0.05) is 4.88 Å². The highest BCUT2D eigenvalue weighted by atomic mass is 32.1.